The topological polar surface area (TPSA) is 83.6 Å². The van der Waals surface area contributed by atoms with Gasteiger partial charge in [0, 0.05) is 12.2 Å². The molecule has 3 unspecified atom stereocenters. The summed E-state index contributed by atoms with van der Waals surface area (Å²) in [5.41, 5.74) is 5.72. The Morgan fingerprint density at radius 1 is 1.56 bits per heavy atom. The first kappa shape index (κ1) is 13.2. The minimum atomic E-state index is -0.966. The van der Waals surface area contributed by atoms with Gasteiger partial charge in [-0.25, -0.2) is 4.79 Å². The van der Waals surface area contributed by atoms with Gasteiger partial charge in [0.1, 0.15) is 6.04 Å². The number of carboxylic acid groups (broad SMARTS) is 1. The molecule has 2 aliphatic rings. The van der Waals surface area contributed by atoms with Crippen LogP contribution in [0.3, 0.4) is 0 Å². The number of carbonyl (C=O) groups excluding carboxylic acids is 1. The van der Waals surface area contributed by atoms with Crippen molar-refractivity contribution in [2.24, 2.45) is 11.7 Å². The largest absolute Gasteiger partial charge is 0.480 e. The number of carbonyl (C=O) groups is 2. The van der Waals surface area contributed by atoms with E-state index in [9.17, 15) is 14.7 Å². The van der Waals surface area contributed by atoms with E-state index in [1.807, 2.05) is 0 Å². The molecule has 3 N–H and O–H groups in total. The standard InChI is InChI=1S/C12H16N2O3S/c1-2-3-8(13)10(15)14-9(12(16)17)6-18-11(14)7-4-5-7/h1,7-9,11H,3-6,13H2,(H,16,17). The van der Waals surface area contributed by atoms with Crippen molar-refractivity contribution in [3.63, 3.8) is 0 Å². The van der Waals surface area contributed by atoms with Crippen molar-refractivity contribution in [2.45, 2.75) is 36.7 Å². The molecule has 0 aromatic heterocycles. The second-order valence-corrected chi connectivity index (χ2v) is 5.83. The summed E-state index contributed by atoms with van der Waals surface area (Å²) < 4.78 is 0. The van der Waals surface area contributed by atoms with Gasteiger partial charge in [0.25, 0.3) is 0 Å². The average molecular weight is 268 g/mol. The van der Waals surface area contributed by atoms with Crippen LogP contribution in [-0.4, -0.2) is 45.1 Å². The molecule has 98 valence electrons. The first-order valence-corrected chi connectivity index (χ1v) is 6.96. The van der Waals surface area contributed by atoms with Crippen LogP contribution in [0.5, 0.6) is 0 Å². The lowest BCUT2D eigenvalue weighted by molar-refractivity contribution is -0.149. The van der Waals surface area contributed by atoms with Crippen LogP contribution in [0.25, 0.3) is 0 Å². The van der Waals surface area contributed by atoms with Crippen LogP contribution in [0.2, 0.25) is 0 Å². The molecular weight excluding hydrogens is 252 g/mol. The summed E-state index contributed by atoms with van der Waals surface area (Å²) in [5, 5.41) is 9.14. The van der Waals surface area contributed by atoms with Gasteiger partial charge in [0.2, 0.25) is 5.91 Å². The number of rotatable bonds is 4. The van der Waals surface area contributed by atoms with E-state index in [-0.39, 0.29) is 17.7 Å². The highest BCUT2D eigenvalue weighted by Gasteiger charge is 2.48. The Bertz CT molecular complexity index is 403. The van der Waals surface area contributed by atoms with Crippen LogP contribution in [0, 0.1) is 18.3 Å². The van der Waals surface area contributed by atoms with Gasteiger partial charge in [0.15, 0.2) is 0 Å². The highest BCUT2D eigenvalue weighted by Crippen LogP contribution is 2.45. The Morgan fingerprint density at radius 3 is 2.72 bits per heavy atom. The Kier molecular flexibility index (Phi) is 3.83. The highest BCUT2D eigenvalue weighted by molar-refractivity contribution is 8.00. The number of nitrogens with two attached hydrogens (primary N) is 1. The molecule has 1 saturated heterocycles. The summed E-state index contributed by atoms with van der Waals surface area (Å²) in [6.45, 7) is 0. The van der Waals surface area contributed by atoms with Gasteiger partial charge >= 0.3 is 5.97 Å². The van der Waals surface area contributed by atoms with Gasteiger partial charge < -0.3 is 15.7 Å². The molecule has 0 aromatic carbocycles. The van der Waals surface area contributed by atoms with E-state index in [1.54, 1.807) is 0 Å². The lowest BCUT2D eigenvalue weighted by Crippen LogP contribution is -2.52. The second-order valence-electron chi connectivity index (χ2n) is 4.68. The molecule has 1 aliphatic carbocycles. The van der Waals surface area contributed by atoms with Gasteiger partial charge in [-0.3, -0.25) is 4.79 Å². The first-order valence-electron chi connectivity index (χ1n) is 5.92. The fraction of sp³-hybridized carbons (Fsp3) is 0.667. The van der Waals surface area contributed by atoms with Gasteiger partial charge in [-0.05, 0) is 18.8 Å². The molecule has 1 amide bonds. The van der Waals surface area contributed by atoms with E-state index in [1.165, 1.54) is 16.7 Å². The number of nitrogens with zero attached hydrogens (tertiary/aromatic N) is 1. The quantitative estimate of drug-likeness (QED) is 0.707. The first-order chi connectivity index (χ1) is 8.56. The van der Waals surface area contributed by atoms with E-state index in [0.29, 0.717) is 11.7 Å². The minimum Gasteiger partial charge on any atom is -0.480 e. The van der Waals surface area contributed by atoms with Gasteiger partial charge in [-0.2, -0.15) is 0 Å². The number of carboxylic acids is 1. The van der Waals surface area contributed by atoms with Gasteiger partial charge in [-0.1, -0.05) is 0 Å². The number of thioether (sulfide) groups is 1. The molecule has 0 aromatic rings. The van der Waals surface area contributed by atoms with Crippen molar-refractivity contribution in [3.05, 3.63) is 0 Å². The number of amides is 1. The van der Waals surface area contributed by atoms with E-state index in [0.717, 1.165) is 12.8 Å². The third-order valence-electron chi connectivity index (χ3n) is 3.25. The molecule has 1 heterocycles. The zero-order valence-electron chi connectivity index (χ0n) is 9.91. The molecular formula is C12H16N2O3S. The zero-order chi connectivity index (χ0) is 13.3. The molecule has 1 saturated carbocycles. The molecule has 18 heavy (non-hydrogen) atoms. The third kappa shape index (κ3) is 2.47. The fourth-order valence-electron chi connectivity index (χ4n) is 2.15. The SMILES string of the molecule is C#CCC(N)C(=O)N1C(C(=O)O)CSC1C1CC1. The van der Waals surface area contributed by atoms with E-state index in [2.05, 4.69) is 5.92 Å². The summed E-state index contributed by atoms with van der Waals surface area (Å²) in [7, 11) is 0. The van der Waals surface area contributed by atoms with Crippen LogP contribution in [0.15, 0.2) is 0 Å². The molecule has 0 bridgehead atoms. The summed E-state index contributed by atoms with van der Waals surface area (Å²) >= 11 is 1.54. The zero-order valence-corrected chi connectivity index (χ0v) is 10.7. The van der Waals surface area contributed by atoms with Crippen molar-refractivity contribution in [2.75, 3.05) is 5.75 Å². The maximum atomic E-state index is 12.2. The monoisotopic (exact) mass is 268 g/mol. The van der Waals surface area contributed by atoms with Crippen molar-refractivity contribution < 1.29 is 14.7 Å². The summed E-state index contributed by atoms with van der Waals surface area (Å²) in [4.78, 5) is 24.9. The Morgan fingerprint density at radius 2 is 2.22 bits per heavy atom. The molecule has 0 radical (unpaired) electrons. The van der Waals surface area contributed by atoms with E-state index < -0.39 is 18.1 Å². The number of terminal acetylenes is 1. The smallest absolute Gasteiger partial charge is 0.327 e. The van der Waals surface area contributed by atoms with Crippen molar-refractivity contribution in [1.29, 1.82) is 0 Å². The van der Waals surface area contributed by atoms with E-state index >= 15 is 0 Å². The van der Waals surface area contributed by atoms with Crippen LogP contribution >= 0.6 is 11.8 Å². The van der Waals surface area contributed by atoms with Crippen LogP contribution in [-0.2, 0) is 9.59 Å². The summed E-state index contributed by atoms with van der Waals surface area (Å²) in [6.07, 6.45) is 7.39. The molecule has 6 heteroatoms. The maximum absolute atomic E-state index is 12.2. The van der Waals surface area contributed by atoms with Crippen LogP contribution in [0.4, 0.5) is 0 Å². The molecule has 3 atom stereocenters. The minimum absolute atomic E-state index is 0.0394. The predicted octanol–water partition coefficient (Wildman–Crippen LogP) is 0.102. The predicted molar refractivity (Wildman–Crippen MR) is 68.7 cm³/mol. The Hall–Kier alpha value is -1.19. The molecule has 0 spiro atoms. The fourth-order valence-corrected chi connectivity index (χ4v) is 3.79. The third-order valence-corrected chi connectivity index (χ3v) is 4.72. The second kappa shape index (κ2) is 5.21. The van der Waals surface area contributed by atoms with Gasteiger partial charge in [0.05, 0.1) is 11.4 Å². The van der Waals surface area contributed by atoms with Crippen LogP contribution in [0.1, 0.15) is 19.3 Å². The van der Waals surface area contributed by atoms with E-state index in [4.69, 9.17) is 12.2 Å². The molecule has 5 nitrogen and oxygen atoms in total. The molecule has 2 rings (SSSR count). The molecule has 1 aliphatic heterocycles. The number of hydrogen-bond acceptors (Lipinski definition) is 4. The number of aliphatic carboxylic acids is 1. The normalized spacial score (nSPS) is 28.8. The lowest BCUT2D eigenvalue weighted by Gasteiger charge is -2.29. The summed E-state index contributed by atoms with van der Waals surface area (Å²) in [5.74, 6) is 1.91. The van der Waals surface area contributed by atoms with Crippen molar-refractivity contribution >= 4 is 23.6 Å². The van der Waals surface area contributed by atoms with Crippen LogP contribution < -0.4 is 5.73 Å². The number of hydrogen-bond donors (Lipinski definition) is 2. The molecule has 2 fully saturated rings. The van der Waals surface area contributed by atoms with Crippen molar-refractivity contribution in [1.82, 2.24) is 4.90 Å². The lowest BCUT2D eigenvalue weighted by atomic mass is 10.1. The van der Waals surface area contributed by atoms with Gasteiger partial charge in [-0.15, -0.1) is 24.1 Å². The Labute approximate surface area is 110 Å². The maximum Gasteiger partial charge on any atom is 0.327 e. The highest BCUT2D eigenvalue weighted by atomic mass is 32.2. The Balaban J connectivity index is 2.15. The van der Waals surface area contributed by atoms with Crippen molar-refractivity contribution in [3.8, 4) is 12.3 Å². The average Bonchev–Trinajstić information content (AvgIpc) is 3.07. The summed E-state index contributed by atoms with van der Waals surface area (Å²) in [6, 6.07) is -1.56.